The lowest BCUT2D eigenvalue weighted by atomic mass is 9.98. The summed E-state index contributed by atoms with van der Waals surface area (Å²) in [5.41, 5.74) is 1.69. The first kappa shape index (κ1) is 16.1. The van der Waals surface area contributed by atoms with E-state index in [1.165, 1.54) is 12.1 Å². The molecule has 2 aromatic carbocycles. The Bertz CT molecular complexity index is 634. The van der Waals surface area contributed by atoms with Gasteiger partial charge in [-0.05, 0) is 49.4 Å². The highest BCUT2D eigenvalue weighted by molar-refractivity contribution is 6.31. The van der Waals surface area contributed by atoms with Gasteiger partial charge >= 0.3 is 0 Å². The van der Waals surface area contributed by atoms with E-state index in [2.05, 4.69) is 5.32 Å². The van der Waals surface area contributed by atoms with Crippen LogP contribution in [0.5, 0.6) is 5.75 Å². The molecule has 2 nitrogen and oxygen atoms in total. The Hall–Kier alpha value is -1.29. The average Bonchev–Trinajstić information content (AvgIpc) is 2.48. The Morgan fingerprint density at radius 3 is 2.62 bits per heavy atom. The summed E-state index contributed by atoms with van der Waals surface area (Å²) in [6, 6.07) is 9.77. The van der Waals surface area contributed by atoms with Crippen molar-refractivity contribution >= 4 is 23.2 Å². The predicted octanol–water partition coefficient (Wildman–Crippen LogP) is 4.64. The van der Waals surface area contributed by atoms with Crippen LogP contribution in [0.3, 0.4) is 0 Å². The van der Waals surface area contributed by atoms with E-state index < -0.39 is 0 Å². The van der Waals surface area contributed by atoms with Crippen LogP contribution in [-0.2, 0) is 6.42 Å². The highest BCUT2D eigenvalue weighted by Gasteiger charge is 2.17. The van der Waals surface area contributed by atoms with Gasteiger partial charge in [0.25, 0.3) is 0 Å². The maximum atomic E-state index is 13.4. The Balaban J connectivity index is 2.34. The minimum absolute atomic E-state index is 0.0588. The summed E-state index contributed by atoms with van der Waals surface area (Å²) in [7, 11) is 3.43. The number of likely N-dealkylation sites (N-methyl/N-ethyl adjacent to an activating group) is 1. The summed E-state index contributed by atoms with van der Waals surface area (Å²) >= 11 is 12.1. The molecule has 0 aromatic heterocycles. The zero-order chi connectivity index (χ0) is 15.4. The van der Waals surface area contributed by atoms with Crippen molar-refractivity contribution in [3.8, 4) is 5.75 Å². The molecule has 0 saturated heterocycles. The zero-order valence-corrected chi connectivity index (χ0v) is 13.3. The van der Waals surface area contributed by atoms with Gasteiger partial charge in [-0.3, -0.25) is 0 Å². The lowest BCUT2D eigenvalue weighted by molar-refractivity contribution is 0.401. The van der Waals surface area contributed by atoms with Crippen LogP contribution in [-0.4, -0.2) is 14.2 Å². The molecule has 2 aromatic rings. The summed E-state index contributed by atoms with van der Waals surface area (Å²) in [6.07, 6.45) is 0.547. The molecule has 0 fully saturated rings. The van der Waals surface area contributed by atoms with Crippen molar-refractivity contribution in [3.63, 3.8) is 0 Å². The number of rotatable bonds is 5. The van der Waals surface area contributed by atoms with E-state index in [9.17, 15) is 4.39 Å². The van der Waals surface area contributed by atoms with E-state index in [1.54, 1.807) is 25.3 Å². The van der Waals surface area contributed by atoms with Crippen LogP contribution in [0.4, 0.5) is 4.39 Å². The maximum absolute atomic E-state index is 13.4. The Morgan fingerprint density at radius 1 is 1.19 bits per heavy atom. The van der Waals surface area contributed by atoms with E-state index in [1.807, 2.05) is 13.1 Å². The molecule has 0 heterocycles. The number of ether oxygens (including phenoxy) is 1. The fraction of sp³-hybridized carbons (Fsp3) is 0.250. The van der Waals surface area contributed by atoms with Crippen LogP contribution in [0, 0.1) is 5.82 Å². The lowest BCUT2D eigenvalue weighted by Gasteiger charge is -2.20. The van der Waals surface area contributed by atoms with Gasteiger partial charge in [-0.15, -0.1) is 0 Å². The molecular formula is C16H16Cl2FNO. The second-order valence-corrected chi connectivity index (χ2v) is 5.51. The van der Waals surface area contributed by atoms with Gasteiger partial charge in [-0.1, -0.05) is 29.3 Å². The van der Waals surface area contributed by atoms with Crippen molar-refractivity contribution in [1.29, 1.82) is 0 Å². The monoisotopic (exact) mass is 327 g/mol. The summed E-state index contributed by atoms with van der Waals surface area (Å²) < 4.78 is 18.8. The van der Waals surface area contributed by atoms with Gasteiger partial charge in [0.15, 0.2) is 0 Å². The van der Waals surface area contributed by atoms with Crippen molar-refractivity contribution in [3.05, 3.63) is 63.4 Å². The lowest BCUT2D eigenvalue weighted by Crippen LogP contribution is -2.19. The van der Waals surface area contributed by atoms with Gasteiger partial charge in [-0.25, -0.2) is 4.39 Å². The Labute approximate surface area is 133 Å². The molecule has 21 heavy (non-hydrogen) atoms. The zero-order valence-electron chi connectivity index (χ0n) is 11.8. The molecule has 0 spiro atoms. The van der Waals surface area contributed by atoms with E-state index in [4.69, 9.17) is 27.9 Å². The van der Waals surface area contributed by atoms with Crippen LogP contribution in [0.1, 0.15) is 17.2 Å². The van der Waals surface area contributed by atoms with Crippen molar-refractivity contribution in [2.45, 2.75) is 12.5 Å². The summed E-state index contributed by atoms with van der Waals surface area (Å²) in [5.74, 6) is 0.390. The Kier molecular flexibility index (Phi) is 5.45. The smallest absolute Gasteiger partial charge is 0.125 e. The molecule has 1 N–H and O–H groups in total. The molecule has 5 heteroatoms. The number of methoxy groups -OCH3 is 1. The molecular weight excluding hydrogens is 312 g/mol. The largest absolute Gasteiger partial charge is 0.496 e. The van der Waals surface area contributed by atoms with Crippen molar-refractivity contribution in [1.82, 2.24) is 5.32 Å². The van der Waals surface area contributed by atoms with Crippen molar-refractivity contribution < 1.29 is 9.13 Å². The van der Waals surface area contributed by atoms with Gasteiger partial charge in [0, 0.05) is 21.7 Å². The molecule has 2 rings (SSSR count). The van der Waals surface area contributed by atoms with Crippen LogP contribution < -0.4 is 10.1 Å². The first-order valence-corrected chi connectivity index (χ1v) is 7.25. The van der Waals surface area contributed by atoms with E-state index in [0.29, 0.717) is 22.2 Å². The molecule has 0 radical (unpaired) electrons. The molecule has 0 aliphatic rings. The first-order valence-electron chi connectivity index (χ1n) is 6.49. The molecule has 0 saturated carbocycles. The highest BCUT2D eigenvalue weighted by Crippen LogP contribution is 2.31. The number of hydrogen-bond acceptors (Lipinski definition) is 2. The second-order valence-electron chi connectivity index (χ2n) is 4.67. The van der Waals surface area contributed by atoms with E-state index >= 15 is 0 Å². The first-order chi connectivity index (χ1) is 10.0. The minimum Gasteiger partial charge on any atom is -0.496 e. The summed E-state index contributed by atoms with van der Waals surface area (Å²) in [4.78, 5) is 0. The topological polar surface area (TPSA) is 21.3 Å². The maximum Gasteiger partial charge on any atom is 0.125 e. The Morgan fingerprint density at radius 2 is 1.95 bits per heavy atom. The predicted molar refractivity (Wildman–Crippen MR) is 84.9 cm³/mol. The molecule has 0 amide bonds. The summed E-state index contributed by atoms with van der Waals surface area (Å²) in [6.45, 7) is 0. The van der Waals surface area contributed by atoms with Crippen LogP contribution >= 0.6 is 23.2 Å². The number of halogens is 3. The third kappa shape index (κ3) is 3.88. The summed E-state index contributed by atoms with van der Waals surface area (Å²) in [5, 5.41) is 4.36. The van der Waals surface area contributed by atoms with Crippen LogP contribution in [0.15, 0.2) is 36.4 Å². The van der Waals surface area contributed by atoms with Gasteiger partial charge in [-0.2, -0.15) is 0 Å². The third-order valence-electron chi connectivity index (χ3n) is 3.35. The molecule has 0 bridgehead atoms. The normalized spacial score (nSPS) is 12.2. The minimum atomic E-state index is -0.299. The molecule has 1 unspecified atom stereocenters. The van der Waals surface area contributed by atoms with Crippen LogP contribution in [0.2, 0.25) is 10.0 Å². The van der Waals surface area contributed by atoms with E-state index in [0.717, 1.165) is 11.1 Å². The SMILES string of the molecule is CNC(Cc1cc(F)ccc1Cl)c1ccc(Cl)cc1OC. The fourth-order valence-corrected chi connectivity index (χ4v) is 2.62. The third-order valence-corrected chi connectivity index (χ3v) is 3.96. The number of hydrogen-bond donors (Lipinski definition) is 1. The molecule has 1 atom stereocenters. The van der Waals surface area contributed by atoms with Gasteiger partial charge in [0.2, 0.25) is 0 Å². The average molecular weight is 328 g/mol. The fourth-order valence-electron chi connectivity index (χ4n) is 2.26. The van der Waals surface area contributed by atoms with Gasteiger partial charge in [0.1, 0.15) is 11.6 Å². The standard InChI is InChI=1S/C16H16Cl2FNO/c1-20-15(8-10-7-12(19)4-6-14(10)18)13-5-3-11(17)9-16(13)21-2/h3-7,9,15,20H,8H2,1-2H3. The van der Waals surface area contributed by atoms with Crippen molar-refractivity contribution in [2.24, 2.45) is 0 Å². The van der Waals surface area contributed by atoms with Crippen LogP contribution in [0.25, 0.3) is 0 Å². The quantitative estimate of drug-likeness (QED) is 0.863. The second kappa shape index (κ2) is 7.12. The highest BCUT2D eigenvalue weighted by atomic mass is 35.5. The molecule has 0 aliphatic heterocycles. The molecule has 0 aliphatic carbocycles. The number of benzene rings is 2. The van der Waals surface area contributed by atoms with Crippen molar-refractivity contribution in [2.75, 3.05) is 14.2 Å². The van der Waals surface area contributed by atoms with E-state index in [-0.39, 0.29) is 11.9 Å². The van der Waals surface area contributed by atoms with Gasteiger partial charge in [0.05, 0.1) is 7.11 Å². The van der Waals surface area contributed by atoms with Gasteiger partial charge < -0.3 is 10.1 Å². The molecule has 112 valence electrons. The number of nitrogens with one attached hydrogen (secondary N) is 1.